The molecule has 2 N–H and O–H groups in total. The first kappa shape index (κ1) is 14.3. The topological polar surface area (TPSA) is 44.4 Å². The molecule has 3 aliphatic carbocycles. The Hall–Kier alpha value is -0.610. The normalized spacial score (nSPS) is 40.0. The monoisotopic (exact) mass is 279 g/mol. The van der Waals surface area contributed by atoms with Gasteiger partial charge in [-0.15, -0.1) is 0 Å². The number of hydrogen-bond acceptors (Lipinski definition) is 3. The van der Waals surface area contributed by atoms with Crippen LogP contribution < -0.4 is 10.6 Å². The van der Waals surface area contributed by atoms with Crippen molar-refractivity contribution in [3.63, 3.8) is 0 Å². The van der Waals surface area contributed by atoms with Crippen LogP contribution in [0.25, 0.3) is 0 Å². The summed E-state index contributed by atoms with van der Waals surface area (Å²) in [6, 6.07) is 0.405. The molecule has 4 rings (SSSR count). The summed E-state index contributed by atoms with van der Waals surface area (Å²) in [7, 11) is 0. The quantitative estimate of drug-likeness (QED) is 0.812. The van der Waals surface area contributed by atoms with E-state index in [1.54, 1.807) is 0 Å². The molecule has 0 spiro atoms. The summed E-state index contributed by atoms with van der Waals surface area (Å²) < 4.78 is 0. The van der Waals surface area contributed by atoms with Crippen LogP contribution in [0.4, 0.5) is 0 Å². The van der Waals surface area contributed by atoms with Crippen LogP contribution >= 0.6 is 0 Å². The lowest BCUT2D eigenvalue weighted by Gasteiger charge is -2.62. The van der Waals surface area contributed by atoms with Crippen molar-refractivity contribution in [1.82, 2.24) is 15.5 Å². The minimum Gasteiger partial charge on any atom is -0.352 e. The van der Waals surface area contributed by atoms with E-state index in [0.29, 0.717) is 23.9 Å². The van der Waals surface area contributed by atoms with E-state index in [2.05, 4.69) is 36.3 Å². The van der Waals surface area contributed by atoms with Crippen LogP contribution in [0, 0.1) is 23.2 Å². The van der Waals surface area contributed by atoms with Gasteiger partial charge in [-0.1, -0.05) is 20.8 Å². The Balaban J connectivity index is 1.50. The van der Waals surface area contributed by atoms with E-state index in [-0.39, 0.29) is 5.91 Å². The van der Waals surface area contributed by atoms with E-state index in [4.69, 9.17) is 0 Å². The van der Waals surface area contributed by atoms with E-state index < -0.39 is 0 Å². The van der Waals surface area contributed by atoms with Crippen LogP contribution in [0.3, 0.4) is 0 Å². The second-order valence-corrected chi connectivity index (χ2v) is 7.66. The average Bonchev–Trinajstić information content (AvgIpc) is 2.41. The number of carbonyl (C=O) groups excluding carboxylic acids is 1. The van der Waals surface area contributed by atoms with Gasteiger partial charge in [0, 0.05) is 32.2 Å². The molecule has 1 heterocycles. The molecule has 0 aromatic rings. The third kappa shape index (κ3) is 2.48. The summed E-state index contributed by atoms with van der Waals surface area (Å²) in [5, 5.41) is 6.64. The second-order valence-electron chi connectivity index (χ2n) is 7.66. The lowest BCUT2D eigenvalue weighted by atomic mass is 9.45. The number of rotatable bonds is 3. The molecule has 2 bridgehead atoms. The zero-order chi connectivity index (χ0) is 14.3. The van der Waals surface area contributed by atoms with Crippen molar-refractivity contribution in [2.24, 2.45) is 23.2 Å². The zero-order valence-corrected chi connectivity index (χ0v) is 13.1. The summed E-state index contributed by atoms with van der Waals surface area (Å²) in [4.78, 5) is 14.5. The summed E-state index contributed by atoms with van der Waals surface area (Å²) >= 11 is 0. The van der Waals surface area contributed by atoms with Gasteiger partial charge in [-0.2, -0.15) is 0 Å². The number of amides is 1. The summed E-state index contributed by atoms with van der Waals surface area (Å²) in [6.07, 6.45) is 2.55. The molecule has 0 aromatic heterocycles. The molecule has 4 aliphatic rings. The molecule has 114 valence electrons. The number of piperazine rings is 1. The van der Waals surface area contributed by atoms with Crippen molar-refractivity contribution < 1.29 is 4.79 Å². The Bertz CT molecular complexity index is 376. The fourth-order valence-electron chi connectivity index (χ4n) is 4.67. The molecule has 4 atom stereocenters. The van der Waals surface area contributed by atoms with Gasteiger partial charge >= 0.3 is 0 Å². The van der Waals surface area contributed by atoms with Crippen molar-refractivity contribution in [2.45, 2.75) is 39.7 Å². The highest BCUT2D eigenvalue weighted by Crippen LogP contribution is 2.61. The predicted octanol–water partition coefficient (Wildman–Crippen LogP) is 1.08. The number of fused-ring (bicyclic) bond motifs is 2. The fraction of sp³-hybridized carbons (Fsp3) is 0.938. The first-order valence-corrected chi connectivity index (χ1v) is 8.21. The summed E-state index contributed by atoms with van der Waals surface area (Å²) in [5.74, 6) is 2.46. The van der Waals surface area contributed by atoms with Crippen LogP contribution in [0.15, 0.2) is 0 Å². The van der Waals surface area contributed by atoms with Gasteiger partial charge in [0.05, 0.1) is 6.54 Å². The highest BCUT2D eigenvalue weighted by atomic mass is 16.2. The molecule has 4 heteroatoms. The number of hydrogen-bond donors (Lipinski definition) is 2. The van der Waals surface area contributed by atoms with E-state index in [9.17, 15) is 4.79 Å². The summed E-state index contributed by atoms with van der Waals surface area (Å²) in [6.45, 7) is 11.7. The molecule has 0 unspecified atom stereocenters. The highest BCUT2D eigenvalue weighted by molar-refractivity contribution is 5.78. The highest BCUT2D eigenvalue weighted by Gasteiger charge is 2.56. The standard InChI is InChI=1S/C16H29N3O/c1-11-13-8-12(16(13,2)3)9-14(11)18-15(20)10-19-6-4-17-5-7-19/h11-14,17H,4-10H2,1-3H3,(H,18,20)/t11-,12+,13-,14-/m0/s1. The van der Waals surface area contributed by atoms with Gasteiger partial charge in [-0.3, -0.25) is 9.69 Å². The Morgan fingerprint density at radius 1 is 1.30 bits per heavy atom. The second kappa shape index (κ2) is 5.30. The Kier molecular flexibility index (Phi) is 3.80. The number of nitrogens with one attached hydrogen (secondary N) is 2. The maximum absolute atomic E-state index is 12.2. The van der Waals surface area contributed by atoms with Crippen LogP contribution in [-0.4, -0.2) is 49.6 Å². The molecule has 0 radical (unpaired) electrons. The Morgan fingerprint density at radius 2 is 2.00 bits per heavy atom. The number of carbonyl (C=O) groups is 1. The van der Waals surface area contributed by atoms with Crippen LogP contribution in [0.2, 0.25) is 0 Å². The van der Waals surface area contributed by atoms with E-state index in [1.165, 1.54) is 12.8 Å². The lowest BCUT2D eigenvalue weighted by Crippen LogP contribution is -2.61. The van der Waals surface area contributed by atoms with Crippen LogP contribution in [0.1, 0.15) is 33.6 Å². The van der Waals surface area contributed by atoms with Crippen LogP contribution in [0.5, 0.6) is 0 Å². The lowest BCUT2D eigenvalue weighted by molar-refractivity contribution is -0.134. The van der Waals surface area contributed by atoms with Crippen molar-refractivity contribution in [3.05, 3.63) is 0 Å². The van der Waals surface area contributed by atoms with Crippen molar-refractivity contribution in [1.29, 1.82) is 0 Å². The van der Waals surface area contributed by atoms with Gasteiger partial charge in [0.2, 0.25) is 5.91 Å². The van der Waals surface area contributed by atoms with Gasteiger partial charge in [0.25, 0.3) is 0 Å². The van der Waals surface area contributed by atoms with E-state index >= 15 is 0 Å². The largest absolute Gasteiger partial charge is 0.352 e. The maximum Gasteiger partial charge on any atom is 0.234 e. The maximum atomic E-state index is 12.2. The summed E-state index contributed by atoms with van der Waals surface area (Å²) in [5.41, 5.74) is 0.499. The van der Waals surface area contributed by atoms with Gasteiger partial charge < -0.3 is 10.6 Å². The molecule has 1 amide bonds. The fourth-order valence-corrected chi connectivity index (χ4v) is 4.67. The van der Waals surface area contributed by atoms with Gasteiger partial charge in [0.15, 0.2) is 0 Å². The van der Waals surface area contributed by atoms with Gasteiger partial charge in [-0.05, 0) is 36.0 Å². The van der Waals surface area contributed by atoms with Gasteiger partial charge in [-0.25, -0.2) is 0 Å². The third-order valence-corrected chi connectivity index (χ3v) is 6.28. The molecular weight excluding hydrogens is 250 g/mol. The zero-order valence-electron chi connectivity index (χ0n) is 13.1. The molecule has 0 aromatic carbocycles. The Morgan fingerprint density at radius 3 is 2.60 bits per heavy atom. The van der Waals surface area contributed by atoms with Crippen molar-refractivity contribution in [3.8, 4) is 0 Å². The predicted molar refractivity (Wildman–Crippen MR) is 80.4 cm³/mol. The average molecular weight is 279 g/mol. The van der Waals surface area contributed by atoms with Crippen molar-refractivity contribution in [2.75, 3.05) is 32.7 Å². The van der Waals surface area contributed by atoms with Crippen LogP contribution in [-0.2, 0) is 4.79 Å². The molecular formula is C16H29N3O. The van der Waals surface area contributed by atoms with Crippen molar-refractivity contribution >= 4 is 5.91 Å². The van der Waals surface area contributed by atoms with E-state index in [1.807, 2.05) is 0 Å². The number of nitrogens with zero attached hydrogens (tertiary/aromatic N) is 1. The molecule has 1 aliphatic heterocycles. The molecule has 20 heavy (non-hydrogen) atoms. The van der Waals surface area contributed by atoms with E-state index in [0.717, 1.165) is 38.0 Å². The molecule has 4 nitrogen and oxygen atoms in total. The molecule has 1 saturated heterocycles. The smallest absolute Gasteiger partial charge is 0.234 e. The molecule has 3 saturated carbocycles. The Labute approximate surface area is 122 Å². The SMILES string of the molecule is C[C@@H]1[C@@H](NC(=O)CN2CCNCC2)C[C@H]2C[C@@H]1C2(C)C. The third-order valence-electron chi connectivity index (χ3n) is 6.28. The first-order chi connectivity index (χ1) is 9.48. The minimum absolute atomic E-state index is 0.225. The van der Waals surface area contributed by atoms with Gasteiger partial charge in [0.1, 0.15) is 0 Å². The molecule has 4 fully saturated rings. The first-order valence-electron chi connectivity index (χ1n) is 8.21. The minimum atomic E-state index is 0.225.